The van der Waals surface area contributed by atoms with Crippen molar-refractivity contribution in [2.24, 2.45) is 5.10 Å². The lowest BCUT2D eigenvalue weighted by molar-refractivity contribution is -0.118. The maximum absolute atomic E-state index is 12.2. The topological polar surface area (TPSA) is 72.4 Å². The SMILES string of the molecule is Cc1ccc(/C=N\NC(=O)CSc2nc3ccccc3n2Cc2ccccc2Cl)o1. The third kappa shape index (κ3) is 4.75. The van der Waals surface area contributed by atoms with Crippen LogP contribution in [0.5, 0.6) is 0 Å². The number of benzene rings is 2. The van der Waals surface area contributed by atoms with E-state index in [2.05, 4.69) is 15.1 Å². The van der Waals surface area contributed by atoms with E-state index in [4.69, 9.17) is 21.0 Å². The molecular weight excluding hydrogens is 420 g/mol. The number of carbonyl (C=O) groups excluding carboxylic acids is 1. The summed E-state index contributed by atoms with van der Waals surface area (Å²) >= 11 is 7.71. The molecule has 4 rings (SSSR count). The van der Waals surface area contributed by atoms with Gasteiger partial charge < -0.3 is 8.98 Å². The van der Waals surface area contributed by atoms with E-state index in [0.29, 0.717) is 17.3 Å². The minimum absolute atomic E-state index is 0.181. The second-order valence-corrected chi connectivity index (χ2v) is 7.94. The Balaban J connectivity index is 1.47. The summed E-state index contributed by atoms with van der Waals surface area (Å²) < 4.78 is 7.45. The van der Waals surface area contributed by atoms with E-state index in [1.54, 1.807) is 6.07 Å². The van der Waals surface area contributed by atoms with Gasteiger partial charge in [-0.15, -0.1) is 0 Å². The summed E-state index contributed by atoms with van der Waals surface area (Å²) in [4.78, 5) is 16.9. The lowest BCUT2D eigenvalue weighted by atomic mass is 10.2. The highest BCUT2D eigenvalue weighted by atomic mass is 35.5. The molecule has 0 unspecified atom stereocenters. The highest BCUT2D eigenvalue weighted by Crippen LogP contribution is 2.27. The predicted molar refractivity (Wildman–Crippen MR) is 120 cm³/mol. The Hall–Kier alpha value is -3.03. The number of halogens is 1. The maximum atomic E-state index is 12.2. The highest BCUT2D eigenvalue weighted by Gasteiger charge is 2.14. The van der Waals surface area contributed by atoms with Gasteiger partial charge in [-0.05, 0) is 42.8 Å². The number of para-hydroxylation sites is 2. The van der Waals surface area contributed by atoms with Gasteiger partial charge in [0.25, 0.3) is 5.91 Å². The van der Waals surface area contributed by atoms with E-state index < -0.39 is 0 Å². The van der Waals surface area contributed by atoms with Gasteiger partial charge in [-0.3, -0.25) is 4.79 Å². The molecule has 1 amide bonds. The second kappa shape index (κ2) is 9.19. The highest BCUT2D eigenvalue weighted by molar-refractivity contribution is 7.99. The molecule has 6 nitrogen and oxygen atoms in total. The molecule has 0 saturated carbocycles. The number of aryl methyl sites for hydroxylation is 1. The number of thioether (sulfide) groups is 1. The van der Waals surface area contributed by atoms with Crippen LogP contribution in [0.4, 0.5) is 0 Å². The van der Waals surface area contributed by atoms with Crippen LogP contribution in [0.3, 0.4) is 0 Å². The Morgan fingerprint density at radius 1 is 1.20 bits per heavy atom. The summed E-state index contributed by atoms with van der Waals surface area (Å²) in [6, 6.07) is 19.2. The fourth-order valence-electron chi connectivity index (χ4n) is 2.97. The van der Waals surface area contributed by atoms with E-state index >= 15 is 0 Å². The first-order valence-corrected chi connectivity index (χ1v) is 10.7. The van der Waals surface area contributed by atoms with Crippen LogP contribution in [0.15, 0.2) is 75.3 Å². The van der Waals surface area contributed by atoms with E-state index in [9.17, 15) is 4.79 Å². The number of amides is 1. The molecule has 2 heterocycles. The number of carbonyl (C=O) groups is 1. The lowest BCUT2D eigenvalue weighted by Crippen LogP contribution is -2.20. The fourth-order valence-corrected chi connectivity index (χ4v) is 3.97. The van der Waals surface area contributed by atoms with Crippen molar-refractivity contribution in [2.45, 2.75) is 18.6 Å². The molecule has 0 spiro atoms. The van der Waals surface area contributed by atoms with Gasteiger partial charge in [0.15, 0.2) is 5.16 Å². The monoisotopic (exact) mass is 438 g/mol. The van der Waals surface area contributed by atoms with Crippen LogP contribution in [0.25, 0.3) is 11.0 Å². The van der Waals surface area contributed by atoms with Crippen molar-refractivity contribution in [3.8, 4) is 0 Å². The molecule has 30 heavy (non-hydrogen) atoms. The quantitative estimate of drug-likeness (QED) is 0.253. The summed E-state index contributed by atoms with van der Waals surface area (Å²) in [5, 5.41) is 5.38. The van der Waals surface area contributed by atoms with Crippen LogP contribution in [-0.2, 0) is 11.3 Å². The largest absolute Gasteiger partial charge is 0.460 e. The van der Waals surface area contributed by atoms with Gasteiger partial charge in [-0.25, -0.2) is 10.4 Å². The Bertz CT molecular complexity index is 1210. The van der Waals surface area contributed by atoms with Gasteiger partial charge in [0.2, 0.25) is 0 Å². The maximum Gasteiger partial charge on any atom is 0.250 e. The summed E-state index contributed by atoms with van der Waals surface area (Å²) in [7, 11) is 0. The Morgan fingerprint density at radius 2 is 2.00 bits per heavy atom. The Labute approximate surface area is 182 Å². The van der Waals surface area contributed by atoms with E-state index in [0.717, 1.165) is 27.5 Å². The van der Waals surface area contributed by atoms with Gasteiger partial charge >= 0.3 is 0 Å². The van der Waals surface area contributed by atoms with Crippen LogP contribution in [0, 0.1) is 6.92 Å². The molecule has 2 aromatic carbocycles. The van der Waals surface area contributed by atoms with Crippen molar-refractivity contribution < 1.29 is 9.21 Å². The smallest absolute Gasteiger partial charge is 0.250 e. The normalized spacial score (nSPS) is 11.4. The van der Waals surface area contributed by atoms with Gasteiger partial charge in [-0.1, -0.05) is 53.7 Å². The number of nitrogens with one attached hydrogen (secondary N) is 1. The second-order valence-electron chi connectivity index (χ2n) is 6.59. The Morgan fingerprint density at radius 3 is 2.80 bits per heavy atom. The van der Waals surface area contributed by atoms with Gasteiger partial charge in [0, 0.05) is 5.02 Å². The third-order valence-electron chi connectivity index (χ3n) is 4.38. The van der Waals surface area contributed by atoms with Crippen molar-refractivity contribution in [3.63, 3.8) is 0 Å². The molecule has 0 atom stereocenters. The molecule has 152 valence electrons. The summed E-state index contributed by atoms with van der Waals surface area (Å²) in [5.74, 6) is 1.33. The molecule has 0 bridgehead atoms. The summed E-state index contributed by atoms with van der Waals surface area (Å²) in [6.07, 6.45) is 1.47. The minimum atomic E-state index is -0.226. The first kappa shape index (κ1) is 20.3. The average Bonchev–Trinajstić information content (AvgIpc) is 3.31. The molecule has 4 aromatic rings. The number of hydrogen-bond donors (Lipinski definition) is 1. The number of rotatable bonds is 7. The number of imidazole rings is 1. The zero-order valence-corrected chi connectivity index (χ0v) is 17.8. The number of hydrogen-bond acceptors (Lipinski definition) is 5. The van der Waals surface area contributed by atoms with Crippen LogP contribution < -0.4 is 5.43 Å². The first-order chi connectivity index (χ1) is 14.6. The van der Waals surface area contributed by atoms with Gasteiger partial charge in [0.05, 0.1) is 29.5 Å². The number of furan rings is 1. The van der Waals surface area contributed by atoms with Gasteiger partial charge in [0.1, 0.15) is 11.5 Å². The standard InChI is InChI=1S/C22H19ClN4O2S/c1-15-10-11-17(29-15)12-24-26-21(28)14-30-22-25-19-8-4-5-9-20(19)27(22)13-16-6-2-3-7-18(16)23/h2-12H,13-14H2,1H3,(H,26,28)/b24-12-. The van der Waals surface area contributed by atoms with Crippen molar-refractivity contribution in [2.75, 3.05) is 5.75 Å². The molecule has 0 fully saturated rings. The minimum Gasteiger partial charge on any atom is -0.460 e. The van der Waals surface area contributed by atoms with Crippen molar-refractivity contribution in [1.82, 2.24) is 15.0 Å². The molecule has 0 aliphatic rings. The summed E-state index contributed by atoms with van der Waals surface area (Å²) in [5.41, 5.74) is 5.37. The van der Waals surface area contributed by atoms with Crippen LogP contribution >= 0.6 is 23.4 Å². The number of hydrazone groups is 1. The summed E-state index contributed by atoms with van der Waals surface area (Å²) in [6.45, 7) is 2.42. The lowest BCUT2D eigenvalue weighted by Gasteiger charge is -2.10. The van der Waals surface area contributed by atoms with E-state index in [1.807, 2.05) is 61.5 Å². The molecule has 0 radical (unpaired) electrons. The van der Waals surface area contributed by atoms with Crippen LogP contribution in [0.2, 0.25) is 5.02 Å². The van der Waals surface area contributed by atoms with Crippen molar-refractivity contribution in [3.05, 3.63) is 82.8 Å². The van der Waals surface area contributed by atoms with Crippen LogP contribution in [-0.4, -0.2) is 27.4 Å². The molecule has 0 aliphatic carbocycles. The molecule has 8 heteroatoms. The molecule has 0 aliphatic heterocycles. The van der Waals surface area contributed by atoms with Crippen molar-refractivity contribution >= 4 is 46.5 Å². The number of fused-ring (bicyclic) bond motifs is 1. The average molecular weight is 439 g/mol. The van der Waals surface area contributed by atoms with Crippen LogP contribution in [0.1, 0.15) is 17.1 Å². The van der Waals surface area contributed by atoms with Gasteiger partial charge in [-0.2, -0.15) is 5.10 Å². The zero-order valence-electron chi connectivity index (χ0n) is 16.2. The molecule has 1 N–H and O–H groups in total. The number of aromatic nitrogens is 2. The van der Waals surface area contributed by atoms with E-state index in [1.165, 1.54) is 18.0 Å². The third-order valence-corrected chi connectivity index (χ3v) is 5.73. The molecular formula is C22H19ClN4O2S. The zero-order chi connectivity index (χ0) is 20.9. The van der Waals surface area contributed by atoms with E-state index in [-0.39, 0.29) is 11.7 Å². The molecule has 0 saturated heterocycles. The number of nitrogens with zero attached hydrogens (tertiary/aromatic N) is 3. The molecule has 2 aromatic heterocycles. The Kier molecular flexibility index (Phi) is 6.21. The fraction of sp³-hybridized carbons (Fsp3) is 0.136. The van der Waals surface area contributed by atoms with Crippen molar-refractivity contribution in [1.29, 1.82) is 0 Å². The first-order valence-electron chi connectivity index (χ1n) is 9.30. The predicted octanol–water partition coefficient (Wildman–Crippen LogP) is 4.88.